The molecule has 31 heavy (non-hydrogen) atoms. The zero-order valence-corrected chi connectivity index (χ0v) is 16.1. The lowest BCUT2D eigenvalue weighted by Gasteiger charge is -2.14. The van der Waals surface area contributed by atoms with Crippen molar-refractivity contribution in [2.24, 2.45) is 0 Å². The lowest BCUT2D eigenvalue weighted by molar-refractivity contribution is -0.137. The summed E-state index contributed by atoms with van der Waals surface area (Å²) in [6, 6.07) is 15.9. The molecule has 9 heteroatoms. The van der Waals surface area contributed by atoms with Crippen LogP contribution in [-0.2, 0) is 6.18 Å². The van der Waals surface area contributed by atoms with Crippen LogP contribution >= 0.6 is 0 Å². The second-order valence-corrected chi connectivity index (χ2v) is 7.00. The van der Waals surface area contributed by atoms with Crippen LogP contribution in [0.3, 0.4) is 0 Å². The predicted octanol–water partition coefficient (Wildman–Crippen LogP) is 4.42. The van der Waals surface area contributed by atoms with Gasteiger partial charge in [-0.15, -0.1) is 10.2 Å². The molecule has 0 N–H and O–H groups in total. The average Bonchev–Trinajstić information content (AvgIpc) is 3.10. The topological polar surface area (TPSA) is 65.1 Å². The fourth-order valence-electron chi connectivity index (χ4n) is 3.71. The molecule has 0 atom stereocenters. The quantitative estimate of drug-likeness (QED) is 0.423. The fourth-order valence-corrected chi connectivity index (χ4v) is 3.71. The highest BCUT2D eigenvalue weighted by Crippen LogP contribution is 2.33. The van der Waals surface area contributed by atoms with Crippen molar-refractivity contribution in [3.63, 3.8) is 0 Å². The van der Waals surface area contributed by atoms with E-state index in [2.05, 4.69) is 15.3 Å². The molecule has 3 aromatic heterocycles. The average molecular weight is 421 g/mol. The van der Waals surface area contributed by atoms with Crippen molar-refractivity contribution in [3.05, 3.63) is 88.5 Å². The van der Waals surface area contributed by atoms with Crippen molar-refractivity contribution in [1.82, 2.24) is 24.4 Å². The summed E-state index contributed by atoms with van der Waals surface area (Å²) in [7, 11) is 0. The third kappa shape index (κ3) is 2.97. The SMILES string of the molecule is Cc1nn2c(nnc3c(=O)n(-c4ccccc4C(F)(F)F)ccc32)c1-c1ccccc1. The zero-order chi connectivity index (χ0) is 21.8. The number of aromatic nitrogens is 5. The van der Waals surface area contributed by atoms with Gasteiger partial charge in [0.05, 0.1) is 22.5 Å². The van der Waals surface area contributed by atoms with E-state index >= 15 is 0 Å². The van der Waals surface area contributed by atoms with Crippen LogP contribution in [0.5, 0.6) is 0 Å². The van der Waals surface area contributed by atoms with Crippen LogP contribution in [0.15, 0.2) is 71.7 Å². The molecule has 0 bridgehead atoms. The highest BCUT2D eigenvalue weighted by Gasteiger charge is 2.34. The summed E-state index contributed by atoms with van der Waals surface area (Å²) in [4.78, 5) is 13.1. The van der Waals surface area contributed by atoms with Gasteiger partial charge in [-0.25, -0.2) is 4.52 Å². The molecule has 0 aliphatic heterocycles. The van der Waals surface area contributed by atoms with Gasteiger partial charge in [0.1, 0.15) is 5.52 Å². The molecule has 0 unspecified atom stereocenters. The second-order valence-electron chi connectivity index (χ2n) is 7.00. The number of aryl methyl sites for hydroxylation is 1. The summed E-state index contributed by atoms with van der Waals surface area (Å²) in [5.41, 5.74) is 1.23. The summed E-state index contributed by atoms with van der Waals surface area (Å²) in [5.74, 6) is 0. The second kappa shape index (κ2) is 6.76. The van der Waals surface area contributed by atoms with E-state index < -0.39 is 17.3 Å². The Kier molecular flexibility index (Phi) is 4.14. The van der Waals surface area contributed by atoms with Crippen LogP contribution in [0.1, 0.15) is 11.3 Å². The molecule has 154 valence electrons. The number of hydrogen-bond donors (Lipinski definition) is 0. The lowest BCUT2D eigenvalue weighted by Crippen LogP contribution is -2.23. The Morgan fingerprint density at radius 2 is 1.61 bits per heavy atom. The van der Waals surface area contributed by atoms with E-state index in [0.717, 1.165) is 21.8 Å². The van der Waals surface area contributed by atoms with Crippen LogP contribution in [-0.4, -0.2) is 24.4 Å². The fraction of sp³-hybridized carbons (Fsp3) is 0.0909. The monoisotopic (exact) mass is 421 g/mol. The van der Waals surface area contributed by atoms with Crippen molar-refractivity contribution in [1.29, 1.82) is 0 Å². The number of halogens is 3. The van der Waals surface area contributed by atoms with E-state index in [4.69, 9.17) is 0 Å². The standard InChI is InChI=1S/C22H14F3N5O/c1-13-18(14-7-3-2-4-8-14)20-27-26-19-17(30(20)28-13)11-12-29(21(19)31)16-10-6-5-9-15(16)22(23,24)25/h2-12H,1H3. The Balaban J connectivity index is 1.77. The number of fused-ring (bicyclic) bond motifs is 3. The molecular formula is C22H14F3N5O. The van der Waals surface area contributed by atoms with Crippen LogP contribution in [0.2, 0.25) is 0 Å². The maximum atomic E-state index is 13.4. The smallest absolute Gasteiger partial charge is 0.282 e. The molecule has 5 rings (SSSR count). The molecule has 6 nitrogen and oxygen atoms in total. The molecule has 0 saturated heterocycles. The van der Waals surface area contributed by atoms with E-state index in [1.54, 1.807) is 0 Å². The van der Waals surface area contributed by atoms with Crippen LogP contribution in [0, 0.1) is 6.92 Å². The van der Waals surface area contributed by atoms with E-state index in [9.17, 15) is 18.0 Å². The van der Waals surface area contributed by atoms with Gasteiger partial charge in [-0.1, -0.05) is 42.5 Å². The molecule has 0 fully saturated rings. The summed E-state index contributed by atoms with van der Waals surface area (Å²) < 4.78 is 42.7. The minimum Gasteiger partial charge on any atom is -0.282 e. The number of hydrogen-bond acceptors (Lipinski definition) is 4. The molecule has 0 saturated carbocycles. The molecule has 0 amide bonds. The van der Waals surface area contributed by atoms with Gasteiger partial charge in [0, 0.05) is 6.20 Å². The Morgan fingerprint density at radius 3 is 2.35 bits per heavy atom. The van der Waals surface area contributed by atoms with E-state index in [1.165, 1.54) is 35.0 Å². The summed E-state index contributed by atoms with van der Waals surface area (Å²) in [6.07, 6.45) is -3.31. The molecular weight excluding hydrogens is 407 g/mol. The van der Waals surface area contributed by atoms with E-state index in [0.29, 0.717) is 16.9 Å². The Labute approximate surface area is 173 Å². The first-order valence-corrected chi connectivity index (χ1v) is 9.35. The van der Waals surface area contributed by atoms with Crippen LogP contribution in [0.4, 0.5) is 13.2 Å². The Hall–Kier alpha value is -4.01. The normalized spacial score (nSPS) is 12.0. The predicted molar refractivity (Wildman–Crippen MR) is 109 cm³/mol. The van der Waals surface area contributed by atoms with Gasteiger partial charge < -0.3 is 0 Å². The zero-order valence-electron chi connectivity index (χ0n) is 16.1. The highest BCUT2D eigenvalue weighted by molar-refractivity contribution is 5.84. The Morgan fingerprint density at radius 1 is 0.903 bits per heavy atom. The largest absolute Gasteiger partial charge is 0.418 e. The number of benzene rings is 2. The van der Waals surface area contributed by atoms with Gasteiger partial charge in [0.15, 0.2) is 11.2 Å². The molecule has 0 aliphatic rings. The highest BCUT2D eigenvalue weighted by atomic mass is 19.4. The van der Waals surface area contributed by atoms with E-state index in [-0.39, 0.29) is 11.2 Å². The van der Waals surface area contributed by atoms with Crippen LogP contribution < -0.4 is 5.56 Å². The van der Waals surface area contributed by atoms with Gasteiger partial charge in [-0.2, -0.15) is 18.3 Å². The number of rotatable bonds is 2. The van der Waals surface area contributed by atoms with Crippen molar-refractivity contribution < 1.29 is 13.2 Å². The van der Waals surface area contributed by atoms with Gasteiger partial charge in [0.25, 0.3) is 5.56 Å². The van der Waals surface area contributed by atoms with Crippen molar-refractivity contribution in [2.75, 3.05) is 0 Å². The number of alkyl halides is 3. The Bertz CT molecular complexity index is 1500. The molecule has 2 aromatic carbocycles. The molecule has 3 heterocycles. The van der Waals surface area contributed by atoms with Crippen molar-refractivity contribution >= 4 is 16.7 Å². The van der Waals surface area contributed by atoms with Gasteiger partial charge in [-0.05, 0) is 30.7 Å². The van der Waals surface area contributed by atoms with E-state index in [1.807, 2.05) is 37.3 Å². The van der Waals surface area contributed by atoms with Crippen molar-refractivity contribution in [3.8, 4) is 16.8 Å². The molecule has 0 radical (unpaired) electrons. The summed E-state index contributed by atoms with van der Waals surface area (Å²) in [5, 5.41) is 12.8. The van der Waals surface area contributed by atoms with Gasteiger partial charge in [-0.3, -0.25) is 9.36 Å². The molecule has 0 aliphatic carbocycles. The molecule has 5 aromatic rings. The maximum Gasteiger partial charge on any atom is 0.418 e. The van der Waals surface area contributed by atoms with Crippen LogP contribution in [0.25, 0.3) is 33.5 Å². The molecule has 0 spiro atoms. The summed E-state index contributed by atoms with van der Waals surface area (Å²) >= 11 is 0. The third-order valence-electron chi connectivity index (χ3n) is 5.09. The first-order chi connectivity index (χ1) is 14.9. The lowest BCUT2D eigenvalue weighted by atomic mass is 10.1. The van der Waals surface area contributed by atoms with Gasteiger partial charge in [0.2, 0.25) is 0 Å². The number of nitrogens with zero attached hydrogens (tertiary/aromatic N) is 5. The summed E-state index contributed by atoms with van der Waals surface area (Å²) in [6.45, 7) is 1.82. The minimum atomic E-state index is -4.61. The van der Waals surface area contributed by atoms with Gasteiger partial charge >= 0.3 is 6.18 Å². The third-order valence-corrected chi connectivity index (χ3v) is 5.09. The minimum absolute atomic E-state index is 0.0749. The van der Waals surface area contributed by atoms with Crippen molar-refractivity contribution in [2.45, 2.75) is 13.1 Å². The first-order valence-electron chi connectivity index (χ1n) is 9.35. The number of pyridine rings is 1. The maximum absolute atomic E-state index is 13.4. The number of para-hydroxylation sites is 1. The first kappa shape index (κ1) is 19.0.